The zero-order valence-electron chi connectivity index (χ0n) is 13.0. The van der Waals surface area contributed by atoms with Crippen LogP contribution < -0.4 is 5.32 Å². The third-order valence-electron chi connectivity index (χ3n) is 3.54. The van der Waals surface area contributed by atoms with Crippen LogP contribution in [0.3, 0.4) is 0 Å². The standard InChI is InChI=1S/C19H18N2OS/c1-14-4-2-5-15(8-14)10-19(22)21-12-16-9-17(13-20-11-16)18-6-3-7-23-18/h2-9,11,13H,10,12H2,1H3,(H,21,22). The van der Waals surface area contributed by atoms with Gasteiger partial charge in [-0.05, 0) is 35.6 Å². The van der Waals surface area contributed by atoms with Crippen LogP contribution in [-0.2, 0) is 17.8 Å². The first-order valence-electron chi connectivity index (χ1n) is 7.51. The molecule has 3 aromatic rings. The van der Waals surface area contributed by atoms with Gasteiger partial charge in [-0.3, -0.25) is 9.78 Å². The molecule has 0 aliphatic carbocycles. The number of amides is 1. The van der Waals surface area contributed by atoms with Gasteiger partial charge in [0.2, 0.25) is 5.91 Å². The lowest BCUT2D eigenvalue weighted by molar-refractivity contribution is -0.120. The number of nitrogens with one attached hydrogen (secondary N) is 1. The molecule has 4 heteroatoms. The van der Waals surface area contributed by atoms with Gasteiger partial charge in [0.05, 0.1) is 6.42 Å². The van der Waals surface area contributed by atoms with E-state index in [-0.39, 0.29) is 5.91 Å². The number of aryl methyl sites for hydroxylation is 1. The third-order valence-corrected chi connectivity index (χ3v) is 4.46. The molecule has 23 heavy (non-hydrogen) atoms. The second kappa shape index (κ2) is 7.20. The zero-order valence-corrected chi connectivity index (χ0v) is 13.8. The van der Waals surface area contributed by atoms with Crippen LogP contribution >= 0.6 is 11.3 Å². The molecule has 0 saturated carbocycles. The number of pyridine rings is 1. The number of hydrogen-bond donors (Lipinski definition) is 1. The van der Waals surface area contributed by atoms with Gasteiger partial charge in [0, 0.05) is 29.4 Å². The molecule has 3 rings (SSSR count). The number of hydrogen-bond acceptors (Lipinski definition) is 3. The van der Waals surface area contributed by atoms with Gasteiger partial charge in [-0.25, -0.2) is 0 Å². The van der Waals surface area contributed by atoms with E-state index in [1.165, 1.54) is 10.4 Å². The average Bonchev–Trinajstić information content (AvgIpc) is 3.08. The van der Waals surface area contributed by atoms with E-state index >= 15 is 0 Å². The topological polar surface area (TPSA) is 42.0 Å². The van der Waals surface area contributed by atoms with E-state index in [0.29, 0.717) is 13.0 Å². The summed E-state index contributed by atoms with van der Waals surface area (Å²) in [5.41, 5.74) is 4.30. The van der Waals surface area contributed by atoms with Crippen LogP contribution in [0, 0.1) is 6.92 Å². The van der Waals surface area contributed by atoms with E-state index in [2.05, 4.69) is 22.4 Å². The third kappa shape index (κ3) is 4.27. The summed E-state index contributed by atoms with van der Waals surface area (Å²) in [7, 11) is 0. The highest BCUT2D eigenvalue weighted by Gasteiger charge is 2.05. The lowest BCUT2D eigenvalue weighted by Crippen LogP contribution is -2.24. The quantitative estimate of drug-likeness (QED) is 0.772. The van der Waals surface area contributed by atoms with Gasteiger partial charge in [-0.1, -0.05) is 35.9 Å². The van der Waals surface area contributed by atoms with Gasteiger partial charge in [0.1, 0.15) is 0 Å². The molecule has 0 saturated heterocycles. The highest BCUT2D eigenvalue weighted by Crippen LogP contribution is 2.24. The van der Waals surface area contributed by atoms with Crippen molar-refractivity contribution < 1.29 is 4.79 Å². The van der Waals surface area contributed by atoms with Crippen LogP contribution in [0.15, 0.2) is 60.2 Å². The molecule has 1 N–H and O–H groups in total. The first-order valence-corrected chi connectivity index (χ1v) is 8.39. The molecule has 116 valence electrons. The summed E-state index contributed by atoms with van der Waals surface area (Å²) >= 11 is 1.68. The van der Waals surface area contributed by atoms with Crippen molar-refractivity contribution in [1.29, 1.82) is 0 Å². The Morgan fingerprint density at radius 3 is 2.83 bits per heavy atom. The lowest BCUT2D eigenvalue weighted by Gasteiger charge is -2.07. The van der Waals surface area contributed by atoms with E-state index in [0.717, 1.165) is 16.7 Å². The molecule has 0 fully saturated rings. The first kappa shape index (κ1) is 15.4. The number of thiophene rings is 1. The molecule has 0 aliphatic rings. The van der Waals surface area contributed by atoms with Crippen molar-refractivity contribution >= 4 is 17.2 Å². The second-order valence-corrected chi connectivity index (χ2v) is 6.45. The average molecular weight is 322 g/mol. The zero-order chi connectivity index (χ0) is 16.1. The Balaban J connectivity index is 1.60. The number of nitrogens with zero attached hydrogens (tertiary/aromatic N) is 1. The van der Waals surface area contributed by atoms with Crippen LogP contribution in [0.2, 0.25) is 0 Å². The molecule has 3 nitrogen and oxygen atoms in total. The molecule has 0 aliphatic heterocycles. The van der Waals surface area contributed by atoms with Crippen LogP contribution in [0.1, 0.15) is 16.7 Å². The van der Waals surface area contributed by atoms with Crippen LogP contribution in [0.25, 0.3) is 10.4 Å². The van der Waals surface area contributed by atoms with E-state index in [4.69, 9.17) is 0 Å². The van der Waals surface area contributed by atoms with E-state index in [9.17, 15) is 4.79 Å². The maximum Gasteiger partial charge on any atom is 0.224 e. The SMILES string of the molecule is Cc1cccc(CC(=O)NCc2cncc(-c3cccs3)c2)c1. The molecule has 1 aromatic carbocycles. The first-order chi connectivity index (χ1) is 11.2. The van der Waals surface area contributed by atoms with Crippen molar-refractivity contribution in [2.24, 2.45) is 0 Å². The number of aromatic nitrogens is 1. The summed E-state index contributed by atoms with van der Waals surface area (Å²) in [5, 5.41) is 5.01. The molecule has 1 amide bonds. The molecule has 0 unspecified atom stereocenters. The van der Waals surface area contributed by atoms with Crippen LogP contribution in [0.4, 0.5) is 0 Å². The minimum absolute atomic E-state index is 0.0251. The van der Waals surface area contributed by atoms with E-state index in [1.807, 2.05) is 48.8 Å². The Morgan fingerprint density at radius 2 is 2.04 bits per heavy atom. The number of carbonyl (C=O) groups is 1. The Morgan fingerprint density at radius 1 is 1.13 bits per heavy atom. The lowest BCUT2D eigenvalue weighted by atomic mass is 10.1. The Kier molecular flexibility index (Phi) is 4.83. The second-order valence-electron chi connectivity index (χ2n) is 5.50. The van der Waals surface area contributed by atoms with Crippen molar-refractivity contribution in [2.75, 3.05) is 0 Å². The minimum atomic E-state index is 0.0251. The summed E-state index contributed by atoms with van der Waals surface area (Å²) in [5.74, 6) is 0.0251. The largest absolute Gasteiger partial charge is 0.352 e. The fourth-order valence-electron chi connectivity index (χ4n) is 2.43. The summed E-state index contributed by atoms with van der Waals surface area (Å²) in [6, 6.07) is 14.2. The summed E-state index contributed by atoms with van der Waals surface area (Å²) in [6.07, 6.45) is 4.05. The van der Waals surface area contributed by atoms with Gasteiger partial charge in [0.15, 0.2) is 0 Å². The predicted octanol–water partition coefficient (Wildman–Crippen LogP) is 3.98. The van der Waals surface area contributed by atoms with Crippen molar-refractivity contribution in [3.63, 3.8) is 0 Å². The number of rotatable bonds is 5. The molecule has 0 bridgehead atoms. The summed E-state index contributed by atoms with van der Waals surface area (Å²) in [6.45, 7) is 2.53. The molecule has 2 heterocycles. The van der Waals surface area contributed by atoms with Gasteiger partial charge in [0.25, 0.3) is 0 Å². The summed E-state index contributed by atoms with van der Waals surface area (Å²) in [4.78, 5) is 17.5. The van der Waals surface area contributed by atoms with Crippen molar-refractivity contribution in [3.05, 3.63) is 76.9 Å². The van der Waals surface area contributed by atoms with E-state index < -0.39 is 0 Å². The van der Waals surface area contributed by atoms with Gasteiger partial charge >= 0.3 is 0 Å². The maximum atomic E-state index is 12.1. The molecule has 0 atom stereocenters. The fraction of sp³-hybridized carbons (Fsp3) is 0.158. The van der Waals surface area contributed by atoms with Crippen LogP contribution in [-0.4, -0.2) is 10.9 Å². The normalized spacial score (nSPS) is 10.5. The minimum Gasteiger partial charge on any atom is -0.352 e. The molecule has 0 spiro atoms. The highest BCUT2D eigenvalue weighted by atomic mass is 32.1. The van der Waals surface area contributed by atoms with Crippen molar-refractivity contribution in [1.82, 2.24) is 10.3 Å². The molecular weight excluding hydrogens is 304 g/mol. The van der Waals surface area contributed by atoms with Crippen LogP contribution in [0.5, 0.6) is 0 Å². The Labute approximate surface area is 140 Å². The Hall–Kier alpha value is -2.46. The highest BCUT2D eigenvalue weighted by molar-refractivity contribution is 7.13. The predicted molar refractivity (Wildman–Crippen MR) is 94.3 cm³/mol. The number of carbonyl (C=O) groups excluding carboxylic acids is 1. The van der Waals surface area contributed by atoms with Gasteiger partial charge in [-0.2, -0.15) is 0 Å². The monoisotopic (exact) mass is 322 g/mol. The smallest absolute Gasteiger partial charge is 0.224 e. The molecule has 0 radical (unpaired) electrons. The maximum absolute atomic E-state index is 12.1. The molecular formula is C19H18N2OS. The molecule has 2 aromatic heterocycles. The Bertz CT molecular complexity index is 797. The summed E-state index contributed by atoms with van der Waals surface area (Å²) < 4.78 is 0. The van der Waals surface area contributed by atoms with Crippen molar-refractivity contribution in [2.45, 2.75) is 19.9 Å². The van der Waals surface area contributed by atoms with Gasteiger partial charge in [-0.15, -0.1) is 11.3 Å². The van der Waals surface area contributed by atoms with Crippen molar-refractivity contribution in [3.8, 4) is 10.4 Å². The van der Waals surface area contributed by atoms with E-state index in [1.54, 1.807) is 17.5 Å². The number of benzene rings is 1. The van der Waals surface area contributed by atoms with Gasteiger partial charge < -0.3 is 5.32 Å². The fourth-order valence-corrected chi connectivity index (χ4v) is 3.14.